The predicted octanol–water partition coefficient (Wildman–Crippen LogP) is 5.41. The number of amides is 1. The van der Waals surface area contributed by atoms with Crippen LogP contribution in [0.1, 0.15) is 74.4 Å². The quantitative estimate of drug-likeness (QED) is 0.758. The summed E-state index contributed by atoms with van der Waals surface area (Å²) in [6.07, 6.45) is 10.5. The van der Waals surface area contributed by atoms with Crippen molar-refractivity contribution < 1.29 is 4.79 Å². The molecule has 0 saturated heterocycles. The minimum absolute atomic E-state index is 0.102. The van der Waals surface area contributed by atoms with Gasteiger partial charge in [0, 0.05) is 12.0 Å². The summed E-state index contributed by atoms with van der Waals surface area (Å²) in [4.78, 5) is 22.6. The largest absolute Gasteiger partial charge is 0.309 e. The molecule has 2 aromatic rings. The standard InChI is InChI=1S/C24H31N3O/c1-3-7-21-24(27-22(28)15-17-8-5-4-6-9-17)26-20-13-11-18-14-16(2)10-12-19(18)23(20)25-21/h10,12,14,17H,3-9,11,13,15H2,1-2H3,(H,26,27,28). The molecule has 4 nitrogen and oxygen atoms in total. The minimum Gasteiger partial charge on any atom is -0.309 e. The number of nitrogens with one attached hydrogen (secondary N) is 1. The monoisotopic (exact) mass is 377 g/mol. The fourth-order valence-electron chi connectivity index (χ4n) is 4.66. The third-order valence-electron chi connectivity index (χ3n) is 6.13. The molecule has 1 N–H and O–H groups in total. The lowest BCUT2D eigenvalue weighted by molar-refractivity contribution is -0.117. The highest BCUT2D eigenvalue weighted by Gasteiger charge is 2.23. The number of nitrogens with zero attached hydrogens (tertiary/aromatic N) is 2. The lowest BCUT2D eigenvalue weighted by Crippen LogP contribution is -2.21. The fraction of sp³-hybridized carbons (Fsp3) is 0.542. The van der Waals surface area contributed by atoms with E-state index in [-0.39, 0.29) is 5.91 Å². The molecular weight excluding hydrogens is 346 g/mol. The molecule has 4 rings (SSSR count). The maximum Gasteiger partial charge on any atom is 0.225 e. The van der Waals surface area contributed by atoms with Crippen LogP contribution in [0.25, 0.3) is 11.3 Å². The van der Waals surface area contributed by atoms with Crippen molar-refractivity contribution in [2.45, 2.75) is 78.1 Å². The van der Waals surface area contributed by atoms with Crippen LogP contribution >= 0.6 is 0 Å². The van der Waals surface area contributed by atoms with Gasteiger partial charge in [0.2, 0.25) is 5.91 Å². The highest BCUT2D eigenvalue weighted by molar-refractivity contribution is 5.90. The first-order chi connectivity index (χ1) is 13.6. The normalized spacial score (nSPS) is 16.4. The molecule has 0 bridgehead atoms. The van der Waals surface area contributed by atoms with E-state index >= 15 is 0 Å². The van der Waals surface area contributed by atoms with E-state index in [0.717, 1.165) is 42.8 Å². The van der Waals surface area contributed by atoms with E-state index in [0.29, 0.717) is 18.2 Å². The molecule has 148 valence electrons. The maximum absolute atomic E-state index is 12.7. The van der Waals surface area contributed by atoms with Crippen LogP contribution in [0.4, 0.5) is 5.82 Å². The molecule has 1 aromatic heterocycles. The van der Waals surface area contributed by atoms with Gasteiger partial charge in [-0.1, -0.05) is 56.4 Å². The summed E-state index contributed by atoms with van der Waals surface area (Å²) in [5, 5.41) is 3.11. The van der Waals surface area contributed by atoms with Gasteiger partial charge in [0.25, 0.3) is 0 Å². The minimum atomic E-state index is 0.102. The second-order valence-electron chi connectivity index (χ2n) is 8.48. The van der Waals surface area contributed by atoms with Crippen molar-refractivity contribution in [2.75, 3.05) is 5.32 Å². The van der Waals surface area contributed by atoms with Crippen LogP contribution in [0.3, 0.4) is 0 Å². The molecule has 0 spiro atoms. The average molecular weight is 378 g/mol. The smallest absolute Gasteiger partial charge is 0.225 e. The molecule has 4 heteroatoms. The van der Waals surface area contributed by atoms with E-state index in [1.165, 1.54) is 48.8 Å². The van der Waals surface area contributed by atoms with Crippen LogP contribution in [0.2, 0.25) is 0 Å². The number of rotatable bonds is 5. The molecule has 2 aliphatic carbocycles. The molecular formula is C24H31N3O. The van der Waals surface area contributed by atoms with Crippen molar-refractivity contribution in [3.8, 4) is 11.3 Å². The van der Waals surface area contributed by atoms with E-state index in [1.54, 1.807) is 0 Å². The third kappa shape index (κ3) is 4.11. The van der Waals surface area contributed by atoms with E-state index in [2.05, 4.69) is 37.4 Å². The Labute approximate surface area is 168 Å². The molecule has 1 amide bonds. The first kappa shape index (κ1) is 19.1. The van der Waals surface area contributed by atoms with Crippen molar-refractivity contribution in [3.63, 3.8) is 0 Å². The van der Waals surface area contributed by atoms with Crippen molar-refractivity contribution >= 4 is 11.7 Å². The second-order valence-corrected chi connectivity index (χ2v) is 8.48. The van der Waals surface area contributed by atoms with Gasteiger partial charge >= 0.3 is 0 Å². The number of fused-ring (bicyclic) bond motifs is 3. The summed E-state index contributed by atoms with van der Waals surface area (Å²) in [5.74, 6) is 1.33. The van der Waals surface area contributed by atoms with E-state index in [4.69, 9.17) is 9.97 Å². The molecule has 1 saturated carbocycles. The maximum atomic E-state index is 12.7. The van der Waals surface area contributed by atoms with Crippen LogP contribution in [0.15, 0.2) is 18.2 Å². The van der Waals surface area contributed by atoms with Gasteiger partial charge in [-0.05, 0) is 50.5 Å². The van der Waals surface area contributed by atoms with Crippen LogP contribution in [-0.4, -0.2) is 15.9 Å². The zero-order valence-electron chi connectivity index (χ0n) is 17.2. The average Bonchev–Trinajstić information content (AvgIpc) is 2.69. The summed E-state index contributed by atoms with van der Waals surface area (Å²) in [5.41, 5.74) is 6.80. The lowest BCUT2D eigenvalue weighted by Gasteiger charge is -2.23. The number of aromatic nitrogens is 2. The summed E-state index contributed by atoms with van der Waals surface area (Å²) < 4.78 is 0. The molecule has 0 atom stereocenters. The van der Waals surface area contributed by atoms with E-state index < -0.39 is 0 Å². The summed E-state index contributed by atoms with van der Waals surface area (Å²) in [6.45, 7) is 4.28. The lowest BCUT2D eigenvalue weighted by atomic mass is 9.87. The van der Waals surface area contributed by atoms with Crippen molar-refractivity contribution in [3.05, 3.63) is 40.7 Å². The van der Waals surface area contributed by atoms with Crippen LogP contribution < -0.4 is 5.32 Å². The van der Waals surface area contributed by atoms with Gasteiger partial charge < -0.3 is 5.32 Å². The first-order valence-electron chi connectivity index (χ1n) is 10.9. The Morgan fingerprint density at radius 3 is 2.75 bits per heavy atom. The summed E-state index contributed by atoms with van der Waals surface area (Å²) in [6, 6.07) is 6.59. The number of carbonyl (C=O) groups excluding carboxylic acids is 1. The van der Waals surface area contributed by atoms with Gasteiger partial charge in [0.15, 0.2) is 5.82 Å². The molecule has 0 unspecified atom stereocenters. The Bertz CT molecular complexity index is 868. The number of hydrogen-bond donors (Lipinski definition) is 1. The molecule has 0 radical (unpaired) electrons. The molecule has 1 fully saturated rings. The summed E-state index contributed by atoms with van der Waals surface area (Å²) >= 11 is 0. The van der Waals surface area contributed by atoms with Crippen LogP contribution in [0, 0.1) is 12.8 Å². The number of carbonyl (C=O) groups is 1. The van der Waals surface area contributed by atoms with Gasteiger partial charge in [-0.25, -0.2) is 9.97 Å². The van der Waals surface area contributed by atoms with Crippen molar-refractivity contribution in [2.24, 2.45) is 5.92 Å². The van der Waals surface area contributed by atoms with Gasteiger partial charge in [0.05, 0.1) is 17.1 Å². The van der Waals surface area contributed by atoms with E-state index in [9.17, 15) is 4.79 Å². The molecule has 2 aliphatic rings. The van der Waals surface area contributed by atoms with Gasteiger partial charge in [-0.15, -0.1) is 0 Å². The van der Waals surface area contributed by atoms with Gasteiger partial charge in [-0.2, -0.15) is 0 Å². The first-order valence-corrected chi connectivity index (χ1v) is 10.9. The third-order valence-corrected chi connectivity index (χ3v) is 6.13. The molecule has 1 aromatic carbocycles. The Balaban J connectivity index is 1.59. The fourth-order valence-corrected chi connectivity index (χ4v) is 4.66. The Kier molecular flexibility index (Phi) is 5.74. The Hall–Kier alpha value is -2.23. The molecule has 1 heterocycles. The Morgan fingerprint density at radius 2 is 1.96 bits per heavy atom. The van der Waals surface area contributed by atoms with Crippen molar-refractivity contribution in [1.29, 1.82) is 0 Å². The van der Waals surface area contributed by atoms with E-state index in [1.807, 2.05) is 0 Å². The summed E-state index contributed by atoms with van der Waals surface area (Å²) in [7, 11) is 0. The number of benzene rings is 1. The van der Waals surface area contributed by atoms with Crippen LogP contribution in [-0.2, 0) is 24.1 Å². The van der Waals surface area contributed by atoms with Crippen LogP contribution in [0.5, 0.6) is 0 Å². The van der Waals surface area contributed by atoms with Crippen molar-refractivity contribution in [1.82, 2.24) is 9.97 Å². The second kappa shape index (κ2) is 8.42. The predicted molar refractivity (Wildman–Crippen MR) is 113 cm³/mol. The number of hydrogen-bond acceptors (Lipinski definition) is 3. The number of aryl methyl sites for hydroxylation is 4. The zero-order chi connectivity index (χ0) is 19.5. The molecule has 0 aliphatic heterocycles. The molecule has 28 heavy (non-hydrogen) atoms. The topological polar surface area (TPSA) is 54.9 Å². The van der Waals surface area contributed by atoms with Gasteiger partial charge in [-0.3, -0.25) is 4.79 Å². The Morgan fingerprint density at radius 1 is 1.14 bits per heavy atom. The SMILES string of the molecule is CCCc1nc2c(nc1NC(=O)CC1CCCCC1)CCc1cc(C)ccc1-2. The zero-order valence-corrected chi connectivity index (χ0v) is 17.2. The highest BCUT2D eigenvalue weighted by Crippen LogP contribution is 2.34. The number of anilines is 1. The van der Waals surface area contributed by atoms with Gasteiger partial charge in [0.1, 0.15) is 0 Å². The highest BCUT2D eigenvalue weighted by atomic mass is 16.1.